The molecule has 1 heterocycles. The third kappa shape index (κ3) is 4.47. The second-order valence-electron chi connectivity index (χ2n) is 6.22. The third-order valence-corrected chi connectivity index (χ3v) is 4.79. The molecule has 8 nitrogen and oxygen atoms in total. The van der Waals surface area contributed by atoms with Gasteiger partial charge in [0.05, 0.1) is 29.3 Å². The molecule has 2 aromatic rings. The second kappa shape index (κ2) is 8.46. The SMILES string of the molecule is COc1ccc(Cl)cc1NC(=O)C1=C(C)NC(=S)N[C@H]1c1cccc([N+](=O)[O-])c1. The maximum Gasteiger partial charge on any atom is 0.269 e. The van der Waals surface area contributed by atoms with Gasteiger partial charge in [0.1, 0.15) is 5.75 Å². The molecule has 0 unspecified atom stereocenters. The highest BCUT2D eigenvalue weighted by Gasteiger charge is 2.31. The van der Waals surface area contributed by atoms with E-state index >= 15 is 0 Å². The van der Waals surface area contributed by atoms with Crippen LogP contribution in [0.4, 0.5) is 11.4 Å². The number of rotatable bonds is 5. The molecule has 0 aromatic heterocycles. The largest absolute Gasteiger partial charge is 0.495 e. The minimum atomic E-state index is -0.672. The molecular formula is C19H17ClN4O4S. The highest BCUT2D eigenvalue weighted by atomic mass is 35.5. The van der Waals surface area contributed by atoms with Crippen molar-refractivity contribution >= 4 is 46.2 Å². The quantitative estimate of drug-likeness (QED) is 0.376. The van der Waals surface area contributed by atoms with Crippen LogP contribution < -0.4 is 20.7 Å². The Balaban J connectivity index is 2.00. The van der Waals surface area contributed by atoms with Crippen molar-refractivity contribution in [2.75, 3.05) is 12.4 Å². The van der Waals surface area contributed by atoms with Crippen molar-refractivity contribution in [2.45, 2.75) is 13.0 Å². The summed E-state index contributed by atoms with van der Waals surface area (Å²) in [7, 11) is 1.48. The highest BCUT2D eigenvalue weighted by molar-refractivity contribution is 7.80. The lowest BCUT2D eigenvalue weighted by molar-refractivity contribution is -0.384. The van der Waals surface area contributed by atoms with Gasteiger partial charge in [-0.3, -0.25) is 14.9 Å². The number of carbonyl (C=O) groups excluding carboxylic acids is 1. The summed E-state index contributed by atoms with van der Waals surface area (Å²) >= 11 is 11.2. The van der Waals surface area contributed by atoms with E-state index < -0.39 is 16.9 Å². The Hall–Kier alpha value is -3.17. The lowest BCUT2D eigenvalue weighted by Crippen LogP contribution is -2.45. The van der Waals surface area contributed by atoms with Gasteiger partial charge in [-0.2, -0.15) is 0 Å². The molecule has 0 saturated carbocycles. The van der Waals surface area contributed by atoms with Gasteiger partial charge in [-0.1, -0.05) is 23.7 Å². The first-order chi connectivity index (χ1) is 13.8. The molecule has 0 radical (unpaired) electrons. The molecular weight excluding hydrogens is 416 g/mol. The van der Waals surface area contributed by atoms with Crippen LogP contribution in [0.3, 0.4) is 0 Å². The van der Waals surface area contributed by atoms with E-state index in [0.717, 1.165) is 0 Å². The van der Waals surface area contributed by atoms with Crippen molar-refractivity contribution < 1.29 is 14.5 Å². The predicted octanol–water partition coefficient (Wildman–Crippen LogP) is 3.69. The molecule has 2 aromatic carbocycles. The summed E-state index contributed by atoms with van der Waals surface area (Å²) < 4.78 is 5.27. The number of nitro benzene ring substituents is 1. The van der Waals surface area contributed by atoms with Crippen LogP contribution in [0.25, 0.3) is 0 Å². The van der Waals surface area contributed by atoms with E-state index in [-0.39, 0.29) is 5.69 Å². The molecule has 1 atom stereocenters. The van der Waals surface area contributed by atoms with E-state index in [1.165, 1.54) is 19.2 Å². The topological polar surface area (TPSA) is 106 Å². The molecule has 0 saturated heterocycles. The Morgan fingerprint density at radius 3 is 2.76 bits per heavy atom. The number of thiocarbonyl (C=S) groups is 1. The van der Waals surface area contributed by atoms with E-state index in [4.69, 9.17) is 28.6 Å². The van der Waals surface area contributed by atoms with Crippen LogP contribution in [-0.4, -0.2) is 23.1 Å². The van der Waals surface area contributed by atoms with Crippen LogP contribution in [0.5, 0.6) is 5.75 Å². The number of hydrogen-bond donors (Lipinski definition) is 3. The number of nitro groups is 1. The maximum atomic E-state index is 13.1. The minimum Gasteiger partial charge on any atom is -0.495 e. The molecule has 1 aliphatic heterocycles. The number of non-ortho nitro benzene ring substituents is 1. The zero-order chi connectivity index (χ0) is 21.1. The number of methoxy groups -OCH3 is 1. The summed E-state index contributed by atoms with van der Waals surface area (Å²) in [6, 6.07) is 10.2. The summed E-state index contributed by atoms with van der Waals surface area (Å²) in [4.78, 5) is 23.8. The molecule has 1 amide bonds. The normalized spacial score (nSPS) is 16.0. The van der Waals surface area contributed by atoms with E-state index in [0.29, 0.717) is 38.4 Å². The first kappa shape index (κ1) is 20.6. The molecule has 10 heteroatoms. The third-order valence-electron chi connectivity index (χ3n) is 4.34. The molecule has 0 fully saturated rings. The number of halogens is 1. The number of amides is 1. The summed E-state index contributed by atoms with van der Waals surface area (Å²) in [6.07, 6.45) is 0. The van der Waals surface area contributed by atoms with Gasteiger partial charge >= 0.3 is 0 Å². The fourth-order valence-electron chi connectivity index (χ4n) is 3.03. The molecule has 29 heavy (non-hydrogen) atoms. The van der Waals surface area contributed by atoms with E-state index in [1.54, 1.807) is 37.3 Å². The van der Waals surface area contributed by atoms with Crippen LogP contribution in [0.1, 0.15) is 18.5 Å². The Kier molecular flexibility index (Phi) is 6.00. The Morgan fingerprint density at radius 1 is 1.31 bits per heavy atom. The van der Waals surface area contributed by atoms with Gasteiger partial charge in [-0.25, -0.2) is 0 Å². The van der Waals surface area contributed by atoms with Crippen molar-refractivity contribution in [3.63, 3.8) is 0 Å². The van der Waals surface area contributed by atoms with Gasteiger partial charge in [0, 0.05) is 22.9 Å². The number of benzene rings is 2. The fraction of sp³-hybridized carbons (Fsp3) is 0.158. The second-order valence-corrected chi connectivity index (χ2v) is 7.07. The number of ether oxygens (including phenoxy) is 1. The van der Waals surface area contributed by atoms with Crippen LogP contribution in [0.2, 0.25) is 5.02 Å². The molecule has 3 rings (SSSR count). The van der Waals surface area contributed by atoms with Crippen molar-refractivity contribution in [1.29, 1.82) is 0 Å². The Labute approximate surface area is 177 Å². The van der Waals surface area contributed by atoms with Gasteiger partial charge in [0.25, 0.3) is 11.6 Å². The van der Waals surface area contributed by atoms with Gasteiger partial charge in [0.15, 0.2) is 5.11 Å². The van der Waals surface area contributed by atoms with Crippen molar-refractivity contribution in [2.24, 2.45) is 0 Å². The average molecular weight is 433 g/mol. The number of nitrogens with one attached hydrogen (secondary N) is 3. The molecule has 150 valence electrons. The molecule has 1 aliphatic rings. The van der Waals surface area contributed by atoms with Gasteiger partial charge < -0.3 is 20.7 Å². The monoisotopic (exact) mass is 432 g/mol. The smallest absolute Gasteiger partial charge is 0.269 e. The summed E-state index contributed by atoms with van der Waals surface area (Å²) in [6.45, 7) is 1.71. The lowest BCUT2D eigenvalue weighted by atomic mass is 9.94. The molecule has 0 bridgehead atoms. The fourth-order valence-corrected chi connectivity index (χ4v) is 3.47. The van der Waals surface area contributed by atoms with Crippen LogP contribution in [-0.2, 0) is 4.79 Å². The lowest BCUT2D eigenvalue weighted by Gasteiger charge is -2.30. The Morgan fingerprint density at radius 2 is 2.07 bits per heavy atom. The van der Waals surface area contributed by atoms with E-state index in [1.807, 2.05) is 0 Å². The van der Waals surface area contributed by atoms with Crippen LogP contribution in [0.15, 0.2) is 53.7 Å². The summed E-state index contributed by atoms with van der Waals surface area (Å²) in [5.41, 5.74) is 1.72. The average Bonchev–Trinajstić information content (AvgIpc) is 2.67. The van der Waals surface area contributed by atoms with E-state index in [2.05, 4.69) is 16.0 Å². The zero-order valence-electron chi connectivity index (χ0n) is 15.5. The first-order valence-corrected chi connectivity index (χ1v) is 9.26. The number of allylic oxidation sites excluding steroid dienone is 1. The van der Waals surface area contributed by atoms with Gasteiger partial charge in [-0.15, -0.1) is 0 Å². The predicted molar refractivity (Wildman–Crippen MR) is 114 cm³/mol. The molecule has 0 spiro atoms. The van der Waals surface area contributed by atoms with Gasteiger partial charge in [0.2, 0.25) is 0 Å². The highest BCUT2D eigenvalue weighted by Crippen LogP contribution is 2.32. The maximum absolute atomic E-state index is 13.1. The van der Waals surface area contributed by atoms with E-state index in [9.17, 15) is 14.9 Å². The zero-order valence-corrected chi connectivity index (χ0v) is 17.1. The Bertz CT molecular complexity index is 1040. The summed E-state index contributed by atoms with van der Waals surface area (Å²) in [5.74, 6) is 0.0159. The van der Waals surface area contributed by atoms with Crippen LogP contribution in [0, 0.1) is 10.1 Å². The standard InChI is InChI=1S/C19H17ClN4O4S/c1-10-16(18(25)22-14-9-12(20)6-7-15(14)28-2)17(23-19(29)21-10)11-4-3-5-13(8-11)24(26)27/h3-9,17H,1-2H3,(H,22,25)(H2,21,23,29)/t17-/m0/s1. The summed E-state index contributed by atoms with van der Waals surface area (Å²) in [5, 5.41) is 20.6. The number of nitrogens with zero attached hydrogens (tertiary/aromatic N) is 1. The molecule has 3 N–H and O–H groups in total. The van der Waals surface area contributed by atoms with Gasteiger partial charge in [-0.05, 0) is 42.9 Å². The van der Waals surface area contributed by atoms with Crippen LogP contribution >= 0.6 is 23.8 Å². The van der Waals surface area contributed by atoms with Crippen molar-refractivity contribution in [3.05, 3.63) is 74.4 Å². The van der Waals surface area contributed by atoms with Crippen molar-refractivity contribution in [3.8, 4) is 5.75 Å². The van der Waals surface area contributed by atoms with Crippen molar-refractivity contribution in [1.82, 2.24) is 10.6 Å². The number of hydrogen-bond acceptors (Lipinski definition) is 5. The number of carbonyl (C=O) groups is 1. The molecule has 0 aliphatic carbocycles. The first-order valence-electron chi connectivity index (χ1n) is 8.47. The minimum absolute atomic E-state index is 0.0809. The number of anilines is 1.